The number of nitrogens with one attached hydrogen (secondary N) is 1. The van der Waals surface area contributed by atoms with Crippen molar-refractivity contribution in [2.45, 2.75) is 13.3 Å². The Labute approximate surface area is 114 Å². The second-order valence-corrected chi connectivity index (χ2v) is 4.76. The SMILES string of the molecule is CCOC(=O)c1cc(Cc2ccccc2Br)c[nH]1. The number of halogens is 1. The molecule has 2 aromatic rings. The molecular formula is C14H14BrNO2. The van der Waals surface area contributed by atoms with Crippen LogP contribution in [0.25, 0.3) is 0 Å². The number of benzene rings is 1. The van der Waals surface area contributed by atoms with Gasteiger partial charge in [-0.15, -0.1) is 0 Å². The van der Waals surface area contributed by atoms with Crippen LogP contribution in [0.5, 0.6) is 0 Å². The molecule has 1 aromatic carbocycles. The molecule has 0 bridgehead atoms. The summed E-state index contributed by atoms with van der Waals surface area (Å²) in [4.78, 5) is 14.5. The molecule has 94 valence electrons. The zero-order valence-corrected chi connectivity index (χ0v) is 11.7. The van der Waals surface area contributed by atoms with E-state index in [2.05, 4.69) is 27.0 Å². The number of rotatable bonds is 4. The molecule has 0 unspecified atom stereocenters. The molecule has 1 aromatic heterocycles. The van der Waals surface area contributed by atoms with Gasteiger partial charge in [-0.05, 0) is 30.2 Å². The summed E-state index contributed by atoms with van der Waals surface area (Å²) < 4.78 is 6.01. The van der Waals surface area contributed by atoms with E-state index in [0.29, 0.717) is 12.3 Å². The van der Waals surface area contributed by atoms with Crippen molar-refractivity contribution >= 4 is 21.9 Å². The van der Waals surface area contributed by atoms with Crippen molar-refractivity contribution in [3.05, 3.63) is 57.8 Å². The predicted molar refractivity (Wildman–Crippen MR) is 73.7 cm³/mol. The predicted octanol–water partition coefficient (Wildman–Crippen LogP) is 3.54. The Morgan fingerprint density at radius 1 is 1.39 bits per heavy atom. The van der Waals surface area contributed by atoms with E-state index in [-0.39, 0.29) is 5.97 Å². The first-order valence-electron chi connectivity index (χ1n) is 5.78. The lowest BCUT2D eigenvalue weighted by Crippen LogP contribution is -2.04. The number of carbonyl (C=O) groups excluding carboxylic acids is 1. The molecule has 18 heavy (non-hydrogen) atoms. The Hall–Kier alpha value is -1.55. The van der Waals surface area contributed by atoms with Gasteiger partial charge in [-0.3, -0.25) is 0 Å². The van der Waals surface area contributed by atoms with Crippen LogP contribution in [0.3, 0.4) is 0 Å². The van der Waals surface area contributed by atoms with Crippen LogP contribution in [0, 0.1) is 0 Å². The Morgan fingerprint density at radius 3 is 2.89 bits per heavy atom. The van der Waals surface area contributed by atoms with Crippen LogP contribution in [-0.4, -0.2) is 17.6 Å². The Bertz CT molecular complexity index is 548. The molecule has 0 saturated carbocycles. The highest BCUT2D eigenvalue weighted by molar-refractivity contribution is 9.10. The lowest BCUT2D eigenvalue weighted by Gasteiger charge is -2.01. The van der Waals surface area contributed by atoms with Crippen molar-refractivity contribution in [2.75, 3.05) is 6.61 Å². The van der Waals surface area contributed by atoms with Crippen molar-refractivity contribution in [3.8, 4) is 0 Å². The smallest absolute Gasteiger partial charge is 0.354 e. The van der Waals surface area contributed by atoms with Gasteiger partial charge < -0.3 is 9.72 Å². The first-order valence-corrected chi connectivity index (χ1v) is 6.58. The molecule has 1 N–H and O–H groups in total. The van der Waals surface area contributed by atoms with E-state index in [1.807, 2.05) is 30.5 Å². The number of hydrogen-bond acceptors (Lipinski definition) is 2. The fourth-order valence-electron chi connectivity index (χ4n) is 1.73. The fraction of sp³-hybridized carbons (Fsp3) is 0.214. The van der Waals surface area contributed by atoms with Crippen LogP contribution in [0.1, 0.15) is 28.5 Å². The van der Waals surface area contributed by atoms with Crippen molar-refractivity contribution in [3.63, 3.8) is 0 Å². The summed E-state index contributed by atoms with van der Waals surface area (Å²) in [6.07, 6.45) is 2.61. The first-order chi connectivity index (χ1) is 8.70. The molecule has 0 spiro atoms. The molecule has 0 saturated heterocycles. The lowest BCUT2D eigenvalue weighted by molar-refractivity contribution is 0.0520. The third-order valence-electron chi connectivity index (χ3n) is 2.59. The van der Waals surface area contributed by atoms with Gasteiger partial charge in [0, 0.05) is 17.1 Å². The number of ether oxygens (including phenoxy) is 1. The molecule has 0 atom stereocenters. The molecule has 0 fully saturated rings. The first kappa shape index (κ1) is 12.9. The largest absolute Gasteiger partial charge is 0.461 e. The molecule has 0 aliphatic rings. The number of carbonyl (C=O) groups is 1. The Morgan fingerprint density at radius 2 is 2.17 bits per heavy atom. The minimum Gasteiger partial charge on any atom is -0.461 e. The lowest BCUT2D eigenvalue weighted by atomic mass is 10.1. The van der Waals surface area contributed by atoms with Gasteiger partial charge in [-0.2, -0.15) is 0 Å². The van der Waals surface area contributed by atoms with E-state index < -0.39 is 0 Å². The summed E-state index contributed by atoms with van der Waals surface area (Å²) >= 11 is 3.51. The maximum absolute atomic E-state index is 11.5. The molecule has 0 radical (unpaired) electrons. The van der Waals surface area contributed by atoms with Gasteiger partial charge in [-0.25, -0.2) is 4.79 Å². The molecular weight excluding hydrogens is 294 g/mol. The van der Waals surface area contributed by atoms with Crippen molar-refractivity contribution in [1.82, 2.24) is 4.98 Å². The molecule has 0 amide bonds. The van der Waals surface area contributed by atoms with E-state index in [4.69, 9.17) is 4.74 Å². The zero-order valence-electron chi connectivity index (χ0n) is 10.1. The number of H-pyrrole nitrogens is 1. The maximum atomic E-state index is 11.5. The van der Waals surface area contributed by atoms with Gasteiger partial charge in [0.05, 0.1) is 6.61 Å². The Kier molecular flexibility index (Phi) is 4.20. The molecule has 2 rings (SSSR count). The third kappa shape index (κ3) is 3.01. The summed E-state index contributed by atoms with van der Waals surface area (Å²) in [6, 6.07) is 9.88. The van der Waals surface area contributed by atoms with E-state index in [9.17, 15) is 4.79 Å². The highest BCUT2D eigenvalue weighted by Crippen LogP contribution is 2.20. The van der Waals surface area contributed by atoms with Crippen molar-refractivity contribution < 1.29 is 9.53 Å². The molecule has 0 aliphatic carbocycles. The second-order valence-electron chi connectivity index (χ2n) is 3.91. The molecule has 3 nitrogen and oxygen atoms in total. The van der Waals surface area contributed by atoms with Crippen LogP contribution < -0.4 is 0 Å². The zero-order chi connectivity index (χ0) is 13.0. The average Bonchev–Trinajstić information content (AvgIpc) is 2.81. The third-order valence-corrected chi connectivity index (χ3v) is 3.36. The monoisotopic (exact) mass is 307 g/mol. The maximum Gasteiger partial charge on any atom is 0.354 e. The quantitative estimate of drug-likeness (QED) is 0.878. The van der Waals surface area contributed by atoms with E-state index >= 15 is 0 Å². The minimum absolute atomic E-state index is 0.309. The minimum atomic E-state index is -0.309. The van der Waals surface area contributed by atoms with Crippen LogP contribution in [0.4, 0.5) is 0 Å². The van der Waals surface area contributed by atoms with E-state index in [1.54, 1.807) is 6.92 Å². The number of aromatic nitrogens is 1. The normalized spacial score (nSPS) is 10.3. The van der Waals surface area contributed by atoms with Gasteiger partial charge in [0.15, 0.2) is 0 Å². The number of hydrogen-bond donors (Lipinski definition) is 1. The van der Waals surface area contributed by atoms with Gasteiger partial charge in [0.1, 0.15) is 5.69 Å². The van der Waals surface area contributed by atoms with Crippen molar-refractivity contribution in [1.29, 1.82) is 0 Å². The highest BCUT2D eigenvalue weighted by atomic mass is 79.9. The highest BCUT2D eigenvalue weighted by Gasteiger charge is 2.10. The molecule has 0 aliphatic heterocycles. The van der Waals surface area contributed by atoms with Crippen LogP contribution >= 0.6 is 15.9 Å². The fourth-order valence-corrected chi connectivity index (χ4v) is 2.15. The number of aromatic amines is 1. The number of esters is 1. The second kappa shape index (κ2) is 5.87. The topological polar surface area (TPSA) is 42.1 Å². The van der Waals surface area contributed by atoms with E-state index in [0.717, 1.165) is 16.5 Å². The Balaban J connectivity index is 2.12. The van der Waals surface area contributed by atoms with Crippen LogP contribution in [0.15, 0.2) is 41.0 Å². The van der Waals surface area contributed by atoms with Gasteiger partial charge in [0.2, 0.25) is 0 Å². The van der Waals surface area contributed by atoms with Crippen LogP contribution in [0.2, 0.25) is 0 Å². The van der Waals surface area contributed by atoms with Gasteiger partial charge in [-0.1, -0.05) is 34.1 Å². The van der Waals surface area contributed by atoms with Crippen LogP contribution in [-0.2, 0) is 11.2 Å². The summed E-state index contributed by atoms with van der Waals surface area (Å²) in [5.74, 6) is -0.309. The van der Waals surface area contributed by atoms with E-state index in [1.165, 1.54) is 5.56 Å². The summed E-state index contributed by atoms with van der Waals surface area (Å²) in [7, 11) is 0. The summed E-state index contributed by atoms with van der Waals surface area (Å²) in [5.41, 5.74) is 2.75. The molecule has 1 heterocycles. The van der Waals surface area contributed by atoms with Gasteiger partial charge >= 0.3 is 5.97 Å². The van der Waals surface area contributed by atoms with Crippen molar-refractivity contribution in [2.24, 2.45) is 0 Å². The van der Waals surface area contributed by atoms with Gasteiger partial charge in [0.25, 0.3) is 0 Å². The molecule has 4 heteroatoms. The average molecular weight is 308 g/mol. The summed E-state index contributed by atoms with van der Waals surface area (Å²) in [6.45, 7) is 2.18. The standard InChI is InChI=1S/C14H14BrNO2/c1-2-18-14(17)13-8-10(9-16-13)7-11-5-3-4-6-12(11)15/h3-6,8-9,16H,2,7H2,1H3. The summed E-state index contributed by atoms with van der Waals surface area (Å²) in [5, 5.41) is 0.